The van der Waals surface area contributed by atoms with Gasteiger partial charge in [0, 0.05) is 17.3 Å². The molecule has 2 aliphatic carbocycles. The highest BCUT2D eigenvalue weighted by atomic mass is 32.1. The van der Waals surface area contributed by atoms with Crippen molar-refractivity contribution in [1.29, 1.82) is 0 Å². The minimum absolute atomic E-state index is 0.248. The second kappa shape index (κ2) is 7.78. The Morgan fingerprint density at radius 1 is 1.27 bits per heavy atom. The van der Waals surface area contributed by atoms with Crippen molar-refractivity contribution in [1.82, 2.24) is 9.88 Å². The number of carbonyl (C=O) groups excluding carboxylic acids is 1. The number of ether oxygens (including phenoxy) is 1. The van der Waals surface area contributed by atoms with Crippen molar-refractivity contribution in [3.63, 3.8) is 0 Å². The summed E-state index contributed by atoms with van der Waals surface area (Å²) in [5.74, 6) is 1.48. The Kier molecular flexibility index (Phi) is 5.25. The van der Waals surface area contributed by atoms with Crippen LogP contribution in [-0.4, -0.2) is 21.8 Å². The summed E-state index contributed by atoms with van der Waals surface area (Å²) in [6, 6.07) is 8.50. The summed E-state index contributed by atoms with van der Waals surface area (Å²) >= 11 is 1.62. The summed E-state index contributed by atoms with van der Waals surface area (Å²) in [6.45, 7) is 3.19. The minimum atomic E-state index is 0.248. The largest absolute Gasteiger partial charge is 0.486 e. The first-order valence-corrected chi connectivity index (χ1v) is 10.5. The molecule has 0 spiro atoms. The molecule has 0 N–H and O–H groups in total. The molecular formula is C21H26N2O2S. The van der Waals surface area contributed by atoms with Crippen LogP contribution < -0.4 is 4.74 Å². The Labute approximate surface area is 159 Å². The summed E-state index contributed by atoms with van der Waals surface area (Å²) in [5, 5.41) is 3.04. The zero-order valence-electron chi connectivity index (χ0n) is 15.3. The van der Waals surface area contributed by atoms with Gasteiger partial charge in [-0.05, 0) is 50.3 Å². The monoisotopic (exact) mass is 370 g/mol. The molecule has 0 saturated heterocycles. The molecule has 0 radical (unpaired) electrons. The highest BCUT2D eigenvalue weighted by molar-refractivity contribution is 7.09. The summed E-state index contributed by atoms with van der Waals surface area (Å²) < 4.78 is 5.85. The van der Waals surface area contributed by atoms with Gasteiger partial charge < -0.3 is 9.64 Å². The minimum Gasteiger partial charge on any atom is -0.486 e. The van der Waals surface area contributed by atoms with Crippen molar-refractivity contribution >= 4 is 17.2 Å². The van der Waals surface area contributed by atoms with E-state index < -0.39 is 0 Å². The van der Waals surface area contributed by atoms with Gasteiger partial charge >= 0.3 is 0 Å². The molecule has 138 valence electrons. The van der Waals surface area contributed by atoms with Crippen LogP contribution in [0.25, 0.3) is 0 Å². The fourth-order valence-corrected chi connectivity index (χ4v) is 4.39. The topological polar surface area (TPSA) is 42.4 Å². The van der Waals surface area contributed by atoms with Crippen LogP contribution in [-0.2, 0) is 17.9 Å². The van der Waals surface area contributed by atoms with Crippen LogP contribution in [0.15, 0.2) is 29.6 Å². The van der Waals surface area contributed by atoms with E-state index in [9.17, 15) is 4.79 Å². The molecule has 4 rings (SSSR count). The van der Waals surface area contributed by atoms with Gasteiger partial charge in [-0.3, -0.25) is 4.79 Å². The Hall–Kier alpha value is -1.88. The molecule has 1 aromatic carbocycles. The predicted octanol–water partition coefficient (Wildman–Crippen LogP) is 4.71. The molecule has 0 atom stereocenters. The van der Waals surface area contributed by atoms with E-state index in [0.29, 0.717) is 25.1 Å². The number of benzene rings is 1. The second-order valence-corrected chi connectivity index (χ2v) is 8.46. The van der Waals surface area contributed by atoms with E-state index >= 15 is 0 Å². The molecule has 2 aromatic rings. The zero-order valence-corrected chi connectivity index (χ0v) is 16.1. The average molecular weight is 371 g/mol. The van der Waals surface area contributed by atoms with E-state index in [1.165, 1.54) is 18.4 Å². The predicted molar refractivity (Wildman–Crippen MR) is 103 cm³/mol. The van der Waals surface area contributed by atoms with Gasteiger partial charge in [0.05, 0.1) is 12.2 Å². The van der Waals surface area contributed by atoms with Crippen molar-refractivity contribution in [3.8, 4) is 5.75 Å². The van der Waals surface area contributed by atoms with Gasteiger partial charge in [0.25, 0.3) is 0 Å². The number of carbonyl (C=O) groups is 1. The number of amides is 1. The molecule has 1 amide bonds. The lowest BCUT2D eigenvalue weighted by atomic mass is 10.1. The third-order valence-corrected chi connectivity index (χ3v) is 6.13. The fourth-order valence-electron chi connectivity index (χ4n) is 3.69. The first-order valence-electron chi connectivity index (χ1n) is 9.62. The molecule has 4 nitrogen and oxygen atoms in total. The number of thiazole rings is 1. The van der Waals surface area contributed by atoms with E-state index in [0.717, 1.165) is 42.1 Å². The van der Waals surface area contributed by atoms with Gasteiger partial charge in [-0.2, -0.15) is 0 Å². The van der Waals surface area contributed by atoms with Crippen LogP contribution in [0.4, 0.5) is 0 Å². The summed E-state index contributed by atoms with van der Waals surface area (Å²) in [4.78, 5) is 19.7. The number of nitrogens with zero attached hydrogens (tertiary/aromatic N) is 2. The van der Waals surface area contributed by atoms with Gasteiger partial charge in [0.1, 0.15) is 17.4 Å². The summed E-state index contributed by atoms with van der Waals surface area (Å²) in [5.41, 5.74) is 2.18. The van der Waals surface area contributed by atoms with Gasteiger partial charge in [0.2, 0.25) is 5.91 Å². The van der Waals surface area contributed by atoms with Crippen LogP contribution in [0.1, 0.15) is 54.8 Å². The highest BCUT2D eigenvalue weighted by Crippen LogP contribution is 2.34. The molecular weight excluding hydrogens is 344 g/mol. The Balaban J connectivity index is 1.36. The van der Waals surface area contributed by atoms with Crippen LogP contribution in [0.2, 0.25) is 0 Å². The smallest absolute Gasteiger partial charge is 0.226 e. The van der Waals surface area contributed by atoms with Crippen LogP contribution in [0, 0.1) is 12.8 Å². The van der Waals surface area contributed by atoms with Gasteiger partial charge in [-0.25, -0.2) is 4.98 Å². The molecule has 0 bridgehead atoms. The lowest BCUT2D eigenvalue weighted by Crippen LogP contribution is -2.36. The molecule has 5 heteroatoms. The molecule has 2 aliphatic rings. The van der Waals surface area contributed by atoms with E-state index in [1.54, 1.807) is 11.3 Å². The third-order valence-electron chi connectivity index (χ3n) is 5.26. The maximum absolute atomic E-state index is 12.9. The summed E-state index contributed by atoms with van der Waals surface area (Å²) in [6.07, 6.45) is 6.82. The second-order valence-electron chi connectivity index (χ2n) is 7.52. The maximum atomic E-state index is 12.9. The lowest BCUT2D eigenvalue weighted by Gasteiger charge is -2.24. The highest BCUT2D eigenvalue weighted by Gasteiger charge is 2.36. The van der Waals surface area contributed by atoms with Crippen LogP contribution in [0.3, 0.4) is 0 Å². The van der Waals surface area contributed by atoms with Crippen molar-refractivity contribution < 1.29 is 9.53 Å². The molecule has 26 heavy (non-hydrogen) atoms. The fraction of sp³-hybridized carbons (Fsp3) is 0.524. The Morgan fingerprint density at radius 2 is 2.08 bits per heavy atom. The molecule has 0 aliphatic heterocycles. The third kappa shape index (κ3) is 4.26. The van der Waals surface area contributed by atoms with Crippen molar-refractivity contribution in [2.75, 3.05) is 0 Å². The van der Waals surface area contributed by atoms with Crippen molar-refractivity contribution in [2.45, 2.75) is 64.6 Å². The van der Waals surface area contributed by atoms with Crippen LogP contribution >= 0.6 is 11.3 Å². The molecule has 2 saturated carbocycles. The summed E-state index contributed by atoms with van der Waals surface area (Å²) in [7, 11) is 0. The molecule has 1 aromatic heterocycles. The first kappa shape index (κ1) is 17.5. The van der Waals surface area contributed by atoms with E-state index in [-0.39, 0.29) is 5.92 Å². The first-order chi connectivity index (χ1) is 12.7. The van der Waals surface area contributed by atoms with Gasteiger partial charge in [-0.1, -0.05) is 25.0 Å². The average Bonchev–Trinajstić information content (AvgIpc) is 3.15. The molecule has 1 heterocycles. The van der Waals surface area contributed by atoms with E-state index in [1.807, 2.05) is 18.2 Å². The van der Waals surface area contributed by atoms with Crippen LogP contribution in [0.5, 0.6) is 5.75 Å². The maximum Gasteiger partial charge on any atom is 0.226 e. The van der Waals surface area contributed by atoms with Gasteiger partial charge in [0.15, 0.2) is 0 Å². The quantitative estimate of drug-likeness (QED) is 0.709. The number of aromatic nitrogens is 1. The van der Waals surface area contributed by atoms with E-state index in [4.69, 9.17) is 9.72 Å². The Morgan fingerprint density at radius 3 is 2.81 bits per heavy atom. The molecule has 0 unspecified atom stereocenters. The Bertz CT molecular complexity index is 763. The number of hydrogen-bond donors (Lipinski definition) is 0. The SMILES string of the molecule is Cc1cccc(OCc2nc(CN(C(=O)C3CCCC3)C3CC3)cs2)c1. The van der Waals surface area contributed by atoms with Crippen molar-refractivity contribution in [2.24, 2.45) is 5.92 Å². The number of rotatable bonds is 7. The molecule has 2 fully saturated rings. The number of hydrogen-bond acceptors (Lipinski definition) is 4. The normalized spacial score (nSPS) is 17.4. The van der Waals surface area contributed by atoms with Crippen molar-refractivity contribution in [3.05, 3.63) is 45.9 Å². The number of aryl methyl sites for hydroxylation is 1. The zero-order chi connectivity index (χ0) is 17.9. The van der Waals surface area contributed by atoms with Gasteiger partial charge in [-0.15, -0.1) is 11.3 Å². The van der Waals surface area contributed by atoms with E-state index in [2.05, 4.69) is 23.3 Å². The standard InChI is InChI=1S/C21H26N2O2S/c1-15-5-4-8-19(11-15)25-13-20-22-17(14-26-20)12-23(18-9-10-18)21(24)16-6-2-3-7-16/h4-5,8,11,14,16,18H,2-3,6-7,9-10,12-13H2,1H3. The lowest BCUT2D eigenvalue weighted by molar-refractivity contribution is -0.136.